The van der Waals surface area contributed by atoms with Crippen molar-refractivity contribution in [2.45, 2.75) is 26.8 Å². The first kappa shape index (κ1) is 16.3. The van der Waals surface area contributed by atoms with Crippen molar-refractivity contribution in [1.82, 2.24) is 10.2 Å². The molecule has 110 valence electrons. The minimum absolute atomic E-state index is 0.0778. The van der Waals surface area contributed by atoms with Crippen LogP contribution in [0.4, 0.5) is 4.39 Å². The van der Waals surface area contributed by atoms with E-state index in [4.69, 9.17) is 0 Å². The molecule has 0 aliphatic heterocycles. The minimum Gasteiger partial charge on any atom is -0.353 e. The first-order valence-electron chi connectivity index (χ1n) is 6.72. The van der Waals surface area contributed by atoms with Crippen LogP contribution < -0.4 is 5.32 Å². The monoisotopic (exact) mass is 280 g/mol. The molecule has 1 N–H and O–H groups in total. The summed E-state index contributed by atoms with van der Waals surface area (Å²) in [6, 6.07) is 5.51. The number of nitrogens with zero attached hydrogens (tertiary/aromatic N) is 1. The largest absolute Gasteiger partial charge is 0.353 e. The molecule has 0 heterocycles. The van der Waals surface area contributed by atoms with Crippen LogP contribution in [-0.4, -0.2) is 42.3 Å². The molecule has 0 unspecified atom stereocenters. The molecule has 0 radical (unpaired) electrons. The van der Waals surface area contributed by atoms with E-state index < -0.39 is 0 Å². The van der Waals surface area contributed by atoms with Crippen molar-refractivity contribution in [3.05, 3.63) is 35.6 Å². The summed E-state index contributed by atoms with van der Waals surface area (Å²) >= 11 is 0. The second-order valence-corrected chi connectivity index (χ2v) is 4.96. The van der Waals surface area contributed by atoms with E-state index in [1.807, 2.05) is 20.8 Å². The summed E-state index contributed by atoms with van der Waals surface area (Å²) in [6.45, 7) is 6.59. The van der Waals surface area contributed by atoms with E-state index in [0.29, 0.717) is 12.1 Å². The molecule has 4 nitrogen and oxygen atoms in total. The number of carbonyl (C=O) groups is 2. The number of nitrogens with one attached hydrogen (secondary N) is 1. The van der Waals surface area contributed by atoms with Gasteiger partial charge in [0.15, 0.2) is 5.78 Å². The van der Waals surface area contributed by atoms with E-state index in [1.54, 1.807) is 4.90 Å². The number of amides is 1. The van der Waals surface area contributed by atoms with Crippen LogP contribution >= 0.6 is 0 Å². The van der Waals surface area contributed by atoms with E-state index in [2.05, 4.69) is 5.32 Å². The number of halogens is 1. The smallest absolute Gasteiger partial charge is 0.234 e. The van der Waals surface area contributed by atoms with E-state index in [-0.39, 0.29) is 36.6 Å². The Labute approximate surface area is 119 Å². The zero-order chi connectivity index (χ0) is 15.1. The van der Waals surface area contributed by atoms with Gasteiger partial charge in [0, 0.05) is 11.6 Å². The second-order valence-electron chi connectivity index (χ2n) is 4.96. The van der Waals surface area contributed by atoms with Crippen molar-refractivity contribution in [2.24, 2.45) is 0 Å². The van der Waals surface area contributed by atoms with Crippen molar-refractivity contribution in [3.63, 3.8) is 0 Å². The Morgan fingerprint density at radius 3 is 2.30 bits per heavy atom. The molecule has 5 heteroatoms. The fourth-order valence-electron chi connectivity index (χ4n) is 1.78. The lowest BCUT2D eigenvalue weighted by atomic mass is 10.1. The molecule has 20 heavy (non-hydrogen) atoms. The average molecular weight is 280 g/mol. The highest BCUT2D eigenvalue weighted by atomic mass is 19.1. The normalized spacial score (nSPS) is 10.9. The molecule has 0 fully saturated rings. The molecule has 1 amide bonds. The number of benzene rings is 1. The Bertz CT molecular complexity index is 457. The number of hydrogen-bond acceptors (Lipinski definition) is 3. The highest BCUT2D eigenvalue weighted by Gasteiger charge is 2.14. The van der Waals surface area contributed by atoms with Crippen LogP contribution in [-0.2, 0) is 4.79 Å². The SMILES string of the molecule is CCN(CC(=O)NC(C)C)CC(=O)c1ccc(F)cc1. The maximum Gasteiger partial charge on any atom is 0.234 e. The van der Waals surface area contributed by atoms with Crippen LogP contribution in [0.2, 0.25) is 0 Å². The number of rotatable bonds is 7. The van der Waals surface area contributed by atoms with Crippen molar-refractivity contribution >= 4 is 11.7 Å². The molecular formula is C15H21FN2O2. The Morgan fingerprint density at radius 1 is 1.20 bits per heavy atom. The maximum absolute atomic E-state index is 12.8. The Morgan fingerprint density at radius 2 is 1.80 bits per heavy atom. The predicted octanol–water partition coefficient (Wildman–Crippen LogP) is 1.85. The molecule has 0 spiro atoms. The van der Waals surface area contributed by atoms with Gasteiger partial charge in [0.25, 0.3) is 0 Å². The minimum atomic E-state index is -0.370. The molecule has 0 atom stereocenters. The zero-order valence-electron chi connectivity index (χ0n) is 12.1. The molecule has 0 bridgehead atoms. The topological polar surface area (TPSA) is 49.4 Å². The summed E-state index contributed by atoms with van der Waals surface area (Å²) < 4.78 is 12.8. The third-order valence-electron chi connectivity index (χ3n) is 2.80. The van der Waals surface area contributed by atoms with Crippen molar-refractivity contribution in [2.75, 3.05) is 19.6 Å². The molecule has 1 aromatic rings. The van der Waals surface area contributed by atoms with Gasteiger partial charge in [-0.25, -0.2) is 4.39 Å². The fourth-order valence-corrected chi connectivity index (χ4v) is 1.78. The van der Waals surface area contributed by atoms with Gasteiger partial charge >= 0.3 is 0 Å². The van der Waals surface area contributed by atoms with Gasteiger partial charge in [0.1, 0.15) is 5.82 Å². The van der Waals surface area contributed by atoms with Crippen LogP contribution in [0.15, 0.2) is 24.3 Å². The highest BCUT2D eigenvalue weighted by molar-refractivity contribution is 5.97. The standard InChI is InChI=1S/C15H21FN2O2/c1-4-18(10-15(20)17-11(2)3)9-14(19)12-5-7-13(16)8-6-12/h5-8,11H,4,9-10H2,1-3H3,(H,17,20). The lowest BCUT2D eigenvalue weighted by molar-refractivity contribution is -0.122. The molecule has 1 aromatic carbocycles. The first-order chi connectivity index (χ1) is 9.42. The van der Waals surface area contributed by atoms with E-state index in [0.717, 1.165) is 0 Å². The Hall–Kier alpha value is -1.75. The Balaban J connectivity index is 2.57. The second kappa shape index (κ2) is 7.75. The van der Waals surface area contributed by atoms with Gasteiger partial charge in [0.05, 0.1) is 13.1 Å². The lowest BCUT2D eigenvalue weighted by Crippen LogP contribution is -2.41. The quantitative estimate of drug-likeness (QED) is 0.776. The van der Waals surface area contributed by atoms with Crippen LogP contribution in [0.3, 0.4) is 0 Å². The first-order valence-corrected chi connectivity index (χ1v) is 6.72. The summed E-state index contributed by atoms with van der Waals surface area (Å²) in [5, 5.41) is 2.79. The molecule has 1 rings (SSSR count). The van der Waals surface area contributed by atoms with Crippen LogP contribution in [0.25, 0.3) is 0 Å². The number of hydrogen-bond donors (Lipinski definition) is 1. The third kappa shape index (κ3) is 5.48. The highest BCUT2D eigenvalue weighted by Crippen LogP contribution is 2.05. The van der Waals surface area contributed by atoms with Crippen molar-refractivity contribution in [3.8, 4) is 0 Å². The number of carbonyl (C=O) groups excluding carboxylic acids is 2. The molecule has 0 saturated heterocycles. The van der Waals surface area contributed by atoms with Crippen molar-refractivity contribution < 1.29 is 14.0 Å². The number of likely N-dealkylation sites (N-methyl/N-ethyl adjacent to an activating group) is 1. The molecule has 0 aromatic heterocycles. The van der Waals surface area contributed by atoms with Gasteiger partial charge < -0.3 is 5.32 Å². The van der Waals surface area contributed by atoms with Gasteiger partial charge in [-0.2, -0.15) is 0 Å². The number of ketones is 1. The van der Waals surface area contributed by atoms with E-state index in [9.17, 15) is 14.0 Å². The van der Waals surface area contributed by atoms with Crippen LogP contribution in [0.1, 0.15) is 31.1 Å². The third-order valence-corrected chi connectivity index (χ3v) is 2.80. The predicted molar refractivity (Wildman–Crippen MR) is 76.1 cm³/mol. The van der Waals surface area contributed by atoms with E-state index >= 15 is 0 Å². The van der Waals surface area contributed by atoms with Gasteiger partial charge in [-0.15, -0.1) is 0 Å². The molecule has 0 aliphatic carbocycles. The van der Waals surface area contributed by atoms with Crippen LogP contribution in [0.5, 0.6) is 0 Å². The maximum atomic E-state index is 12.8. The van der Waals surface area contributed by atoms with Gasteiger partial charge in [-0.3, -0.25) is 14.5 Å². The number of Topliss-reactive ketones (excluding diaryl/α,β-unsaturated/α-hetero) is 1. The van der Waals surface area contributed by atoms with Gasteiger partial charge in [0.2, 0.25) is 5.91 Å². The van der Waals surface area contributed by atoms with Gasteiger partial charge in [-0.1, -0.05) is 6.92 Å². The summed E-state index contributed by atoms with van der Waals surface area (Å²) in [6.07, 6.45) is 0. The average Bonchev–Trinajstić information content (AvgIpc) is 2.37. The Kier molecular flexibility index (Phi) is 6.31. The molecule has 0 saturated carbocycles. The lowest BCUT2D eigenvalue weighted by Gasteiger charge is -2.19. The fraction of sp³-hybridized carbons (Fsp3) is 0.467. The van der Waals surface area contributed by atoms with E-state index in [1.165, 1.54) is 24.3 Å². The molecule has 0 aliphatic rings. The summed E-state index contributed by atoms with van der Waals surface area (Å²) in [4.78, 5) is 25.5. The summed E-state index contributed by atoms with van der Waals surface area (Å²) in [5.41, 5.74) is 0.453. The zero-order valence-corrected chi connectivity index (χ0v) is 12.1. The van der Waals surface area contributed by atoms with Gasteiger partial charge in [-0.05, 0) is 44.7 Å². The summed E-state index contributed by atoms with van der Waals surface area (Å²) in [5.74, 6) is -0.594. The van der Waals surface area contributed by atoms with Crippen molar-refractivity contribution in [1.29, 1.82) is 0 Å². The molecular weight excluding hydrogens is 259 g/mol. The van der Waals surface area contributed by atoms with Crippen LogP contribution in [0, 0.1) is 5.82 Å². The summed E-state index contributed by atoms with van der Waals surface area (Å²) in [7, 11) is 0.